The Balaban J connectivity index is 1.80. The van der Waals surface area contributed by atoms with Crippen LogP contribution in [-0.2, 0) is 29.1 Å². The Kier molecular flexibility index (Phi) is 5.00. The second-order valence-corrected chi connectivity index (χ2v) is 4.92. The Hall–Kier alpha value is -1.79. The number of carbonyl (C=O) groups is 1. The number of rotatable bonds is 6. The van der Waals surface area contributed by atoms with E-state index in [-0.39, 0.29) is 5.91 Å². The number of nitrogens with zero attached hydrogens (tertiary/aromatic N) is 2. The minimum absolute atomic E-state index is 0.0434. The van der Waals surface area contributed by atoms with Crippen LogP contribution in [-0.4, -0.2) is 23.0 Å². The summed E-state index contributed by atoms with van der Waals surface area (Å²) in [6, 6.07) is 3.77. The van der Waals surface area contributed by atoms with Crippen LogP contribution in [0.15, 0.2) is 29.9 Å². The maximum atomic E-state index is 11.8. The minimum Gasteiger partial charge on any atom is -0.378 e. The summed E-state index contributed by atoms with van der Waals surface area (Å²) in [5.41, 5.74) is 1.76. The van der Waals surface area contributed by atoms with Crippen molar-refractivity contribution in [2.24, 2.45) is 0 Å². The molecule has 1 N–H and O–H groups in total. The molecule has 0 saturated heterocycles. The highest BCUT2D eigenvalue weighted by atomic mass is 32.1. The molecule has 0 bridgehead atoms. The van der Waals surface area contributed by atoms with Gasteiger partial charge < -0.3 is 10.1 Å². The number of amides is 1. The van der Waals surface area contributed by atoms with E-state index in [1.165, 1.54) is 11.3 Å². The average molecular weight is 277 g/mol. The van der Waals surface area contributed by atoms with Crippen molar-refractivity contribution in [1.82, 2.24) is 15.3 Å². The lowest BCUT2D eigenvalue weighted by molar-refractivity contribution is -0.120. The lowest BCUT2D eigenvalue weighted by Crippen LogP contribution is -2.24. The molecule has 0 aliphatic rings. The van der Waals surface area contributed by atoms with Gasteiger partial charge in [-0.1, -0.05) is 6.07 Å². The predicted molar refractivity (Wildman–Crippen MR) is 72.6 cm³/mol. The molecule has 0 fully saturated rings. The third kappa shape index (κ3) is 4.42. The molecular formula is C13H15N3O2S. The zero-order valence-corrected chi connectivity index (χ0v) is 11.4. The Morgan fingerprint density at radius 1 is 1.53 bits per heavy atom. The van der Waals surface area contributed by atoms with Gasteiger partial charge in [0.25, 0.3) is 0 Å². The third-order valence-electron chi connectivity index (χ3n) is 2.42. The molecule has 0 radical (unpaired) electrons. The first-order valence-electron chi connectivity index (χ1n) is 5.85. The summed E-state index contributed by atoms with van der Waals surface area (Å²) < 4.78 is 4.99. The fraction of sp³-hybridized carbons (Fsp3) is 0.308. The Morgan fingerprint density at radius 2 is 2.42 bits per heavy atom. The summed E-state index contributed by atoms with van der Waals surface area (Å²) in [5, 5.41) is 5.62. The fourth-order valence-electron chi connectivity index (χ4n) is 1.55. The quantitative estimate of drug-likeness (QED) is 0.870. The minimum atomic E-state index is -0.0434. The summed E-state index contributed by atoms with van der Waals surface area (Å²) >= 11 is 1.50. The third-order valence-corrected chi connectivity index (χ3v) is 3.29. The Labute approximate surface area is 115 Å². The van der Waals surface area contributed by atoms with Crippen LogP contribution < -0.4 is 5.32 Å². The molecular weight excluding hydrogens is 262 g/mol. The van der Waals surface area contributed by atoms with Gasteiger partial charge in [-0.25, -0.2) is 4.98 Å². The van der Waals surface area contributed by atoms with Crippen molar-refractivity contribution in [3.8, 4) is 0 Å². The molecule has 5 nitrogen and oxygen atoms in total. The molecule has 0 saturated carbocycles. The van der Waals surface area contributed by atoms with Crippen LogP contribution in [0, 0.1) is 0 Å². The first kappa shape index (κ1) is 13.6. The average Bonchev–Trinajstić information content (AvgIpc) is 2.85. The van der Waals surface area contributed by atoms with Gasteiger partial charge in [0.15, 0.2) is 0 Å². The van der Waals surface area contributed by atoms with Crippen LogP contribution in [0.25, 0.3) is 0 Å². The van der Waals surface area contributed by atoms with Gasteiger partial charge in [-0.05, 0) is 11.6 Å². The Morgan fingerprint density at radius 3 is 3.16 bits per heavy atom. The van der Waals surface area contributed by atoms with Gasteiger partial charge in [-0.15, -0.1) is 11.3 Å². The van der Waals surface area contributed by atoms with E-state index in [0.717, 1.165) is 16.3 Å². The number of methoxy groups -OCH3 is 1. The molecule has 0 unspecified atom stereocenters. The van der Waals surface area contributed by atoms with Gasteiger partial charge in [0, 0.05) is 31.4 Å². The largest absolute Gasteiger partial charge is 0.378 e. The van der Waals surface area contributed by atoms with Gasteiger partial charge in [-0.3, -0.25) is 9.78 Å². The summed E-state index contributed by atoms with van der Waals surface area (Å²) in [5.74, 6) is -0.0434. The molecule has 6 heteroatoms. The molecule has 2 aromatic heterocycles. The van der Waals surface area contributed by atoms with Crippen LogP contribution in [0.2, 0.25) is 0 Å². The normalized spacial score (nSPS) is 10.4. The molecule has 0 aromatic carbocycles. The lowest BCUT2D eigenvalue weighted by atomic mass is 10.2. The maximum Gasteiger partial charge on any atom is 0.226 e. The van der Waals surface area contributed by atoms with Crippen molar-refractivity contribution >= 4 is 17.2 Å². The number of thiazole rings is 1. The number of nitrogens with one attached hydrogen (secondary N) is 1. The van der Waals surface area contributed by atoms with Crippen LogP contribution in [0.1, 0.15) is 16.3 Å². The lowest BCUT2D eigenvalue weighted by Gasteiger charge is -2.03. The number of aromatic nitrogens is 2. The van der Waals surface area contributed by atoms with E-state index in [2.05, 4.69) is 15.3 Å². The van der Waals surface area contributed by atoms with Gasteiger partial charge in [0.05, 0.1) is 18.7 Å². The molecule has 0 spiro atoms. The highest BCUT2D eigenvalue weighted by molar-refractivity contribution is 7.09. The van der Waals surface area contributed by atoms with E-state index >= 15 is 0 Å². The van der Waals surface area contributed by atoms with Crippen molar-refractivity contribution in [1.29, 1.82) is 0 Å². The van der Waals surface area contributed by atoms with Crippen molar-refractivity contribution in [3.63, 3.8) is 0 Å². The summed E-state index contributed by atoms with van der Waals surface area (Å²) in [7, 11) is 1.63. The van der Waals surface area contributed by atoms with Gasteiger partial charge in [0.2, 0.25) is 5.91 Å². The van der Waals surface area contributed by atoms with E-state index in [0.29, 0.717) is 19.6 Å². The van der Waals surface area contributed by atoms with Crippen molar-refractivity contribution in [2.45, 2.75) is 19.6 Å². The molecule has 100 valence electrons. The van der Waals surface area contributed by atoms with Gasteiger partial charge in [0.1, 0.15) is 5.01 Å². The SMILES string of the molecule is COCc1nc(CC(=O)NCc2cccnc2)cs1. The van der Waals surface area contributed by atoms with E-state index in [1.54, 1.807) is 19.5 Å². The van der Waals surface area contributed by atoms with Crippen LogP contribution in [0.3, 0.4) is 0 Å². The number of carbonyl (C=O) groups excluding carboxylic acids is 1. The van der Waals surface area contributed by atoms with Crippen LogP contribution >= 0.6 is 11.3 Å². The number of pyridine rings is 1. The molecule has 19 heavy (non-hydrogen) atoms. The molecule has 2 heterocycles. The number of hydrogen-bond donors (Lipinski definition) is 1. The summed E-state index contributed by atoms with van der Waals surface area (Å²) in [6.07, 6.45) is 3.73. The first-order chi connectivity index (χ1) is 9.28. The smallest absolute Gasteiger partial charge is 0.226 e. The monoisotopic (exact) mass is 277 g/mol. The van der Waals surface area contributed by atoms with Crippen molar-refractivity contribution in [2.75, 3.05) is 7.11 Å². The van der Waals surface area contributed by atoms with Crippen LogP contribution in [0.4, 0.5) is 0 Å². The zero-order valence-electron chi connectivity index (χ0n) is 10.6. The van der Waals surface area contributed by atoms with Crippen LogP contribution in [0.5, 0.6) is 0 Å². The second-order valence-electron chi connectivity index (χ2n) is 3.98. The fourth-order valence-corrected chi connectivity index (χ4v) is 2.31. The van der Waals surface area contributed by atoms with Crippen molar-refractivity contribution in [3.05, 3.63) is 46.2 Å². The van der Waals surface area contributed by atoms with Gasteiger partial charge >= 0.3 is 0 Å². The maximum absolute atomic E-state index is 11.8. The first-order valence-corrected chi connectivity index (χ1v) is 6.73. The van der Waals surface area contributed by atoms with E-state index in [4.69, 9.17) is 4.74 Å². The number of hydrogen-bond acceptors (Lipinski definition) is 5. The highest BCUT2D eigenvalue weighted by Gasteiger charge is 2.07. The second kappa shape index (κ2) is 6.96. The molecule has 0 aliphatic heterocycles. The molecule has 1 amide bonds. The Bertz CT molecular complexity index is 528. The van der Waals surface area contributed by atoms with E-state index < -0.39 is 0 Å². The summed E-state index contributed by atoms with van der Waals surface area (Å²) in [4.78, 5) is 20.1. The topological polar surface area (TPSA) is 64.1 Å². The standard InChI is InChI=1S/C13H15N3O2S/c1-18-8-13-16-11(9-19-13)5-12(17)15-7-10-3-2-4-14-6-10/h2-4,6,9H,5,7-8H2,1H3,(H,15,17). The highest BCUT2D eigenvalue weighted by Crippen LogP contribution is 2.11. The predicted octanol–water partition coefficient (Wildman–Crippen LogP) is 1.54. The van der Waals surface area contributed by atoms with E-state index in [1.807, 2.05) is 17.5 Å². The molecule has 0 aliphatic carbocycles. The van der Waals surface area contributed by atoms with Gasteiger partial charge in [-0.2, -0.15) is 0 Å². The number of ether oxygens (including phenoxy) is 1. The van der Waals surface area contributed by atoms with Crippen molar-refractivity contribution < 1.29 is 9.53 Å². The molecule has 0 atom stereocenters. The molecule has 2 rings (SSSR count). The molecule has 2 aromatic rings. The summed E-state index contributed by atoms with van der Waals surface area (Å²) in [6.45, 7) is 0.976. The zero-order chi connectivity index (χ0) is 13.5. The van der Waals surface area contributed by atoms with E-state index in [9.17, 15) is 4.79 Å².